The Morgan fingerprint density at radius 2 is 2.20 bits per heavy atom. The van der Waals surface area contributed by atoms with Crippen molar-refractivity contribution in [3.8, 4) is 16.6 Å². The van der Waals surface area contributed by atoms with Gasteiger partial charge in [0.1, 0.15) is 22.4 Å². The highest BCUT2D eigenvalue weighted by Crippen LogP contribution is 2.34. The number of thiophene rings is 1. The number of hydrogen-bond acceptors (Lipinski definition) is 5. The van der Waals surface area contributed by atoms with Crippen molar-refractivity contribution in [2.75, 3.05) is 6.26 Å². The minimum Gasteiger partial charge on any atom is -0.272 e. The minimum atomic E-state index is -0.546. The van der Waals surface area contributed by atoms with Gasteiger partial charge in [-0.2, -0.15) is 15.0 Å². The molecule has 104 valence electrons. The van der Waals surface area contributed by atoms with Crippen LogP contribution in [-0.2, 0) is 0 Å². The van der Waals surface area contributed by atoms with Crippen molar-refractivity contribution in [1.29, 1.82) is 5.26 Å². The van der Waals surface area contributed by atoms with E-state index < -0.39 is 5.41 Å². The van der Waals surface area contributed by atoms with E-state index in [1.165, 1.54) is 27.8 Å². The molecule has 4 nitrogen and oxygen atoms in total. The first-order valence-electron chi connectivity index (χ1n) is 6.06. The standard InChI is InChI=1S/C14H15N3OS2/c1-14(2,3)13(18)17-12(19-4)9(8-15)11(16-17)10-6-5-7-20-10/h5-7H,1-4H3. The highest BCUT2D eigenvalue weighted by Gasteiger charge is 2.29. The molecule has 0 bridgehead atoms. The number of carbonyl (C=O) groups excluding carboxylic acids is 1. The lowest BCUT2D eigenvalue weighted by molar-refractivity contribution is 0.0736. The molecule has 0 saturated carbocycles. The zero-order valence-electron chi connectivity index (χ0n) is 11.8. The van der Waals surface area contributed by atoms with Gasteiger partial charge in [0.15, 0.2) is 0 Å². The van der Waals surface area contributed by atoms with Crippen LogP contribution < -0.4 is 0 Å². The largest absolute Gasteiger partial charge is 0.272 e. The van der Waals surface area contributed by atoms with E-state index in [1.807, 2.05) is 44.5 Å². The maximum absolute atomic E-state index is 12.5. The van der Waals surface area contributed by atoms with Gasteiger partial charge in [0.2, 0.25) is 0 Å². The SMILES string of the molecule is CSc1c(C#N)c(-c2cccs2)nn1C(=O)C(C)(C)C. The van der Waals surface area contributed by atoms with Gasteiger partial charge in [-0.3, -0.25) is 4.79 Å². The van der Waals surface area contributed by atoms with Gasteiger partial charge in [-0.1, -0.05) is 26.8 Å². The van der Waals surface area contributed by atoms with Crippen molar-refractivity contribution < 1.29 is 4.79 Å². The minimum absolute atomic E-state index is 0.110. The summed E-state index contributed by atoms with van der Waals surface area (Å²) in [7, 11) is 0. The van der Waals surface area contributed by atoms with Gasteiger partial charge in [0.05, 0.1) is 4.88 Å². The molecule has 2 rings (SSSR count). The lowest BCUT2D eigenvalue weighted by atomic mass is 9.96. The predicted octanol–water partition coefficient (Wildman–Crippen LogP) is 3.89. The highest BCUT2D eigenvalue weighted by molar-refractivity contribution is 7.98. The van der Waals surface area contributed by atoms with E-state index in [1.54, 1.807) is 0 Å². The number of thioether (sulfide) groups is 1. The molecular formula is C14H15N3OS2. The van der Waals surface area contributed by atoms with Crippen LogP contribution >= 0.6 is 23.1 Å². The molecule has 0 saturated heterocycles. The van der Waals surface area contributed by atoms with E-state index in [0.717, 1.165) is 4.88 Å². The van der Waals surface area contributed by atoms with Gasteiger partial charge in [-0.15, -0.1) is 23.1 Å². The molecule has 0 N–H and O–H groups in total. The Labute approximate surface area is 126 Å². The first kappa shape index (κ1) is 14.8. The zero-order chi connectivity index (χ0) is 14.9. The molecule has 0 atom stereocenters. The van der Waals surface area contributed by atoms with Crippen molar-refractivity contribution >= 4 is 29.0 Å². The van der Waals surface area contributed by atoms with Gasteiger partial charge in [-0.25, -0.2) is 0 Å². The summed E-state index contributed by atoms with van der Waals surface area (Å²) in [6.07, 6.45) is 1.85. The van der Waals surface area contributed by atoms with Crippen LogP contribution in [0.15, 0.2) is 22.5 Å². The number of hydrogen-bond donors (Lipinski definition) is 0. The van der Waals surface area contributed by atoms with Crippen molar-refractivity contribution in [1.82, 2.24) is 9.78 Å². The third-order valence-electron chi connectivity index (χ3n) is 2.74. The molecule has 0 aromatic carbocycles. The molecule has 0 aliphatic heterocycles. The summed E-state index contributed by atoms with van der Waals surface area (Å²) in [5.41, 5.74) is 0.512. The summed E-state index contributed by atoms with van der Waals surface area (Å²) in [6.45, 7) is 5.54. The predicted molar refractivity (Wildman–Crippen MR) is 82.1 cm³/mol. The maximum Gasteiger partial charge on any atom is 0.253 e. The summed E-state index contributed by atoms with van der Waals surface area (Å²) < 4.78 is 1.37. The Hall–Kier alpha value is -1.58. The first-order valence-corrected chi connectivity index (χ1v) is 8.16. The fourth-order valence-corrected chi connectivity index (χ4v) is 3.09. The molecule has 0 amide bonds. The molecule has 2 heterocycles. The van der Waals surface area contributed by atoms with Gasteiger partial charge < -0.3 is 0 Å². The summed E-state index contributed by atoms with van der Waals surface area (Å²) in [6, 6.07) is 5.99. The monoisotopic (exact) mass is 305 g/mol. The molecule has 0 fully saturated rings. The Morgan fingerprint density at radius 1 is 1.50 bits per heavy atom. The highest BCUT2D eigenvalue weighted by atomic mass is 32.2. The number of aromatic nitrogens is 2. The van der Waals surface area contributed by atoms with Gasteiger partial charge in [-0.05, 0) is 17.7 Å². The lowest BCUT2D eigenvalue weighted by Gasteiger charge is -2.17. The average molecular weight is 305 g/mol. The molecule has 0 unspecified atom stereocenters. The smallest absolute Gasteiger partial charge is 0.253 e. The molecule has 2 aromatic rings. The number of nitrogens with zero attached hydrogens (tertiary/aromatic N) is 3. The molecule has 0 aliphatic carbocycles. The number of nitriles is 1. The normalized spacial score (nSPS) is 11.3. The Kier molecular flexibility index (Phi) is 4.02. The van der Waals surface area contributed by atoms with Crippen molar-refractivity contribution in [2.45, 2.75) is 25.8 Å². The fraction of sp³-hybridized carbons (Fsp3) is 0.357. The van der Waals surface area contributed by atoms with Crippen LogP contribution in [0, 0.1) is 16.7 Å². The Bertz CT molecular complexity index is 673. The van der Waals surface area contributed by atoms with Crippen LogP contribution in [0.3, 0.4) is 0 Å². The van der Waals surface area contributed by atoms with Crippen LogP contribution in [0.25, 0.3) is 10.6 Å². The summed E-state index contributed by atoms with van der Waals surface area (Å²) in [4.78, 5) is 13.4. The van der Waals surface area contributed by atoms with Crippen LogP contribution in [0.1, 0.15) is 31.1 Å². The fourth-order valence-electron chi connectivity index (χ4n) is 1.73. The summed E-state index contributed by atoms with van der Waals surface area (Å²) in [5.74, 6) is -0.110. The van der Waals surface area contributed by atoms with E-state index >= 15 is 0 Å². The first-order chi connectivity index (χ1) is 9.40. The van der Waals surface area contributed by atoms with Crippen molar-refractivity contribution in [3.63, 3.8) is 0 Å². The van der Waals surface area contributed by atoms with Crippen molar-refractivity contribution in [3.05, 3.63) is 23.1 Å². The number of rotatable bonds is 2. The zero-order valence-corrected chi connectivity index (χ0v) is 13.4. The van der Waals surface area contributed by atoms with Gasteiger partial charge in [0.25, 0.3) is 5.91 Å². The second kappa shape index (κ2) is 5.43. The van der Waals surface area contributed by atoms with E-state index in [-0.39, 0.29) is 5.91 Å². The van der Waals surface area contributed by atoms with E-state index in [4.69, 9.17) is 0 Å². The summed E-state index contributed by atoms with van der Waals surface area (Å²) >= 11 is 2.88. The van der Waals surface area contributed by atoms with E-state index in [2.05, 4.69) is 11.2 Å². The second-order valence-corrected chi connectivity index (χ2v) is 7.03. The average Bonchev–Trinajstić information content (AvgIpc) is 3.02. The van der Waals surface area contributed by atoms with Crippen LogP contribution in [-0.4, -0.2) is 21.9 Å². The van der Waals surface area contributed by atoms with Gasteiger partial charge >= 0.3 is 0 Å². The Balaban J connectivity index is 2.66. The van der Waals surface area contributed by atoms with Crippen LogP contribution in [0.2, 0.25) is 0 Å². The molecule has 2 aromatic heterocycles. The molecule has 0 radical (unpaired) electrons. The third kappa shape index (κ3) is 2.51. The maximum atomic E-state index is 12.5. The quantitative estimate of drug-likeness (QED) is 0.790. The van der Waals surface area contributed by atoms with Crippen LogP contribution in [0.5, 0.6) is 0 Å². The van der Waals surface area contributed by atoms with E-state index in [9.17, 15) is 10.1 Å². The molecule has 0 spiro atoms. The second-order valence-electron chi connectivity index (χ2n) is 5.29. The molecule has 6 heteroatoms. The molecule has 20 heavy (non-hydrogen) atoms. The Morgan fingerprint density at radius 3 is 2.65 bits per heavy atom. The van der Waals surface area contributed by atoms with E-state index in [0.29, 0.717) is 16.3 Å². The van der Waals surface area contributed by atoms with Crippen LogP contribution in [0.4, 0.5) is 0 Å². The molecular weight excluding hydrogens is 290 g/mol. The third-order valence-corrected chi connectivity index (χ3v) is 4.38. The number of carbonyl (C=O) groups is 1. The van der Waals surface area contributed by atoms with Crippen molar-refractivity contribution in [2.24, 2.45) is 5.41 Å². The summed E-state index contributed by atoms with van der Waals surface area (Å²) in [5, 5.41) is 16.3. The van der Waals surface area contributed by atoms with Gasteiger partial charge in [0, 0.05) is 5.41 Å². The molecule has 0 aliphatic rings. The lowest BCUT2D eigenvalue weighted by Crippen LogP contribution is -2.28. The topological polar surface area (TPSA) is 58.7 Å².